The average Bonchev–Trinajstić information content (AvgIpc) is 3.03. The topological polar surface area (TPSA) is 17.1 Å². The number of ketones is 1. The van der Waals surface area contributed by atoms with E-state index in [4.69, 9.17) is 0 Å². The Morgan fingerprint density at radius 1 is 1.00 bits per heavy atom. The molecule has 1 heteroatoms. The van der Waals surface area contributed by atoms with E-state index in [0.29, 0.717) is 29.0 Å². The Labute approximate surface area is 179 Å². The van der Waals surface area contributed by atoms with Crippen LogP contribution in [0.1, 0.15) is 86.5 Å². The maximum absolute atomic E-state index is 12.0. The van der Waals surface area contributed by atoms with Crippen molar-refractivity contribution in [1.82, 2.24) is 0 Å². The van der Waals surface area contributed by atoms with Gasteiger partial charge in [-0.15, -0.1) is 0 Å². The molecule has 0 bridgehead atoms. The smallest absolute Gasteiger partial charge is 0.155 e. The van der Waals surface area contributed by atoms with Gasteiger partial charge in [-0.05, 0) is 90.9 Å². The van der Waals surface area contributed by atoms with Gasteiger partial charge in [0.25, 0.3) is 0 Å². The van der Waals surface area contributed by atoms with Crippen molar-refractivity contribution in [2.45, 2.75) is 86.5 Å². The summed E-state index contributed by atoms with van der Waals surface area (Å²) in [6, 6.07) is 0. The zero-order valence-electron chi connectivity index (χ0n) is 19.6. The maximum Gasteiger partial charge on any atom is 0.155 e. The average molecular weight is 395 g/mol. The Kier molecular flexibility index (Phi) is 5.50. The predicted molar refractivity (Wildman–Crippen MR) is 122 cm³/mol. The number of rotatable bonds is 4. The third-order valence-corrected chi connectivity index (χ3v) is 9.88. The minimum absolute atomic E-state index is 0.246. The van der Waals surface area contributed by atoms with Gasteiger partial charge in [-0.1, -0.05) is 70.9 Å². The largest absolute Gasteiger partial charge is 0.295 e. The second kappa shape index (κ2) is 7.54. The molecule has 7 atom stereocenters. The van der Waals surface area contributed by atoms with Gasteiger partial charge in [0.05, 0.1) is 0 Å². The van der Waals surface area contributed by atoms with Gasteiger partial charge in [-0.2, -0.15) is 0 Å². The van der Waals surface area contributed by atoms with Crippen molar-refractivity contribution >= 4 is 5.78 Å². The monoisotopic (exact) mass is 394 g/mol. The third-order valence-electron chi connectivity index (χ3n) is 9.88. The first-order valence-corrected chi connectivity index (χ1v) is 12.3. The molecule has 7 unspecified atom stereocenters. The molecule has 0 heterocycles. The van der Waals surface area contributed by atoms with E-state index in [0.717, 1.165) is 37.0 Å². The van der Waals surface area contributed by atoms with E-state index < -0.39 is 0 Å². The summed E-state index contributed by atoms with van der Waals surface area (Å²) >= 11 is 0. The second-order valence-corrected chi connectivity index (χ2v) is 11.6. The summed E-state index contributed by atoms with van der Waals surface area (Å²) in [5.41, 5.74) is 3.91. The van der Waals surface area contributed by atoms with E-state index in [9.17, 15) is 4.79 Å². The van der Waals surface area contributed by atoms with Gasteiger partial charge in [0.1, 0.15) is 0 Å². The van der Waals surface area contributed by atoms with Crippen LogP contribution in [0.2, 0.25) is 0 Å². The van der Waals surface area contributed by atoms with Gasteiger partial charge >= 0.3 is 0 Å². The Hall–Kier alpha value is -1.11. The van der Waals surface area contributed by atoms with Crippen LogP contribution in [0.25, 0.3) is 0 Å². The van der Waals surface area contributed by atoms with E-state index in [1.54, 1.807) is 5.57 Å². The highest BCUT2D eigenvalue weighted by molar-refractivity contribution is 5.91. The van der Waals surface area contributed by atoms with Gasteiger partial charge in [0, 0.05) is 6.42 Å². The molecule has 4 aliphatic rings. The maximum atomic E-state index is 12.0. The molecule has 0 radical (unpaired) electrons. The van der Waals surface area contributed by atoms with Crippen LogP contribution in [0.5, 0.6) is 0 Å². The quantitative estimate of drug-likeness (QED) is 0.450. The Bertz CT molecular complexity index is 752. The highest BCUT2D eigenvalue weighted by Crippen LogP contribution is 2.66. The Morgan fingerprint density at radius 3 is 2.48 bits per heavy atom. The predicted octanol–water partition coefficient (Wildman–Crippen LogP) is 7.54. The molecule has 2 fully saturated rings. The van der Waals surface area contributed by atoms with Crippen molar-refractivity contribution in [1.29, 1.82) is 0 Å². The molecule has 29 heavy (non-hydrogen) atoms. The van der Waals surface area contributed by atoms with Crippen molar-refractivity contribution in [3.8, 4) is 0 Å². The lowest BCUT2D eigenvalue weighted by Crippen LogP contribution is -2.46. The second-order valence-electron chi connectivity index (χ2n) is 11.6. The number of allylic oxidation sites excluding steroid dienone is 6. The Morgan fingerprint density at radius 2 is 1.76 bits per heavy atom. The molecular weight excluding hydrogens is 352 g/mol. The molecule has 0 N–H and O–H groups in total. The molecule has 4 rings (SSSR count). The summed E-state index contributed by atoms with van der Waals surface area (Å²) in [6.45, 7) is 14.6. The fourth-order valence-corrected chi connectivity index (χ4v) is 7.47. The highest BCUT2D eigenvalue weighted by atomic mass is 16.1. The van der Waals surface area contributed by atoms with E-state index >= 15 is 0 Å². The first-order chi connectivity index (χ1) is 13.7. The number of carbonyl (C=O) groups is 1. The van der Waals surface area contributed by atoms with Gasteiger partial charge in [-0.25, -0.2) is 0 Å². The van der Waals surface area contributed by atoms with E-state index in [1.807, 2.05) is 6.08 Å². The number of fused-ring (bicyclic) bond motifs is 5. The minimum atomic E-state index is 0.246. The summed E-state index contributed by atoms with van der Waals surface area (Å²) in [7, 11) is 0. The van der Waals surface area contributed by atoms with E-state index in [-0.39, 0.29) is 5.41 Å². The Balaban J connectivity index is 1.57. The molecule has 0 amide bonds. The van der Waals surface area contributed by atoms with Crippen LogP contribution in [-0.4, -0.2) is 5.78 Å². The SMILES string of the molecule is CC(C)C(C)/C=C/C(C)C1CCC2C3=CCC4=CC(=O)CCC4(C)C3CCC21C. The molecule has 2 saturated carbocycles. The normalized spacial score (nSPS) is 41.5. The summed E-state index contributed by atoms with van der Waals surface area (Å²) in [5, 5.41) is 0. The van der Waals surface area contributed by atoms with Gasteiger partial charge in [0.15, 0.2) is 5.78 Å². The molecule has 160 valence electrons. The molecule has 0 saturated heterocycles. The van der Waals surface area contributed by atoms with Gasteiger partial charge in [0.2, 0.25) is 0 Å². The van der Waals surface area contributed by atoms with Crippen LogP contribution in [0, 0.1) is 46.3 Å². The lowest BCUT2D eigenvalue weighted by atomic mass is 9.50. The third kappa shape index (κ3) is 3.41. The van der Waals surface area contributed by atoms with Crippen molar-refractivity contribution < 1.29 is 4.79 Å². The molecule has 0 aliphatic heterocycles. The molecule has 4 aliphatic carbocycles. The van der Waals surface area contributed by atoms with E-state index in [1.165, 1.54) is 31.3 Å². The zero-order chi connectivity index (χ0) is 21.0. The molecule has 1 nitrogen and oxygen atoms in total. The molecular formula is C28H42O. The van der Waals surface area contributed by atoms with Crippen LogP contribution in [0.4, 0.5) is 0 Å². The lowest BCUT2D eigenvalue weighted by Gasteiger charge is -2.54. The summed E-state index contributed by atoms with van der Waals surface area (Å²) in [6.07, 6.45) is 17.9. The highest BCUT2D eigenvalue weighted by Gasteiger charge is 2.56. The molecule has 0 aromatic rings. The van der Waals surface area contributed by atoms with Crippen LogP contribution in [0.15, 0.2) is 35.5 Å². The fourth-order valence-electron chi connectivity index (χ4n) is 7.47. The number of hydrogen-bond acceptors (Lipinski definition) is 1. The van der Waals surface area contributed by atoms with Crippen LogP contribution in [0.3, 0.4) is 0 Å². The standard InChI is InChI=1S/C28H42O/c1-18(2)19(3)7-8-20(4)24-11-12-25-23-10-9-21-17-22(29)13-15-27(21,5)26(23)14-16-28(24,25)6/h7-8,10,17-20,24-26H,9,11-16H2,1-6H3/b8-7+. The minimum Gasteiger partial charge on any atom is -0.295 e. The summed E-state index contributed by atoms with van der Waals surface area (Å²) < 4.78 is 0. The fraction of sp³-hybridized carbons (Fsp3) is 0.750. The van der Waals surface area contributed by atoms with Crippen LogP contribution < -0.4 is 0 Å². The molecule has 0 aromatic carbocycles. The van der Waals surface area contributed by atoms with E-state index in [2.05, 4.69) is 59.8 Å². The van der Waals surface area contributed by atoms with Crippen molar-refractivity contribution in [3.63, 3.8) is 0 Å². The van der Waals surface area contributed by atoms with Gasteiger partial charge in [-0.3, -0.25) is 4.79 Å². The zero-order valence-corrected chi connectivity index (χ0v) is 19.6. The summed E-state index contributed by atoms with van der Waals surface area (Å²) in [5.74, 6) is 4.66. The van der Waals surface area contributed by atoms with Crippen LogP contribution >= 0.6 is 0 Å². The first-order valence-electron chi connectivity index (χ1n) is 12.3. The van der Waals surface area contributed by atoms with Gasteiger partial charge < -0.3 is 0 Å². The van der Waals surface area contributed by atoms with Crippen molar-refractivity contribution in [3.05, 3.63) is 35.5 Å². The number of carbonyl (C=O) groups excluding carboxylic acids is 1. The van der Waals surface area contributed by atoms with Crippen LogP contribution in [-0.2, 0) is 4.79 Å². The number of hydrogen-bond donors (Lipinski definition) is 0. The molecule has 0 aromatic heterocycles. The van der Waals surface area contributed by atoms with Crippen molar-refractivity contribution in [2.24, 2.45) is 46.3 Å². The molecule has 0 spiro atoms. The summed E-state index contributed by atoms with van der Waals surface area (Å²) in [4.78, 5) is 12.0. The first kappa shape index (κ1) is 21.1. The van der Waals surface area contributed by atoms with Crippen molar-refractivity contribution in [2.75, 3.05) is 0 Å². The lowest BCUT2D eigenvalue weighted by molar-refractivity contribution is -0.116.